The Bertz CT molecular complexity index is 285. The van der Waals surface area contributed by atoms with Gasteiger partial charge >= 0.3 is 0 Å². The number of benzene rings is 1. The van der Waals surface area contributed by atoms with E-state index in [2.05, 4.69) is 43.4 Å². The second-order valence-electron chi connectivity index (χ2n) is 4.48. The first-order valence-electron chi connectivity index (χ1n) is 5.55. The van der Waals surface area contributed by atoms with Crippen molar-refractivity contribution < 1.29 is 0 Å². The Balaban J connectivity index is 1.88. The molecule has 1 atom stereocenters. The highest BCUT2D eigenvalue weighted by Gasteiger charge is 2.21. The van der Waals surface area contributed by atoms with Crippen LogP contribution in [-0.4, -0.2) is 6.54 Å². The Morgan fingerprint density at radius 1 is 1.29 bits per heavy atom. The van der Waals surface area contributed by atoms with Crippen molar-refractivity contribution in [2.24, 2.45) is 5.92 Å². The maximum Gasteiger partial charge on any atom is 0.0291 e. The van der Waals surface area contributed by atoms with Gasteiger partial charge in [-0.25, -0.2) is 0 Å². The molecule has 2 rings (SSSR count). The Labute approximate surface area is 86.5 Å². The van der Waals surface area contributed by atoms with Gasteiger partial charge in [-0.05, 0) is 44.7 Å². The molecule has 1 aliphatic carbocycles. The van der Waals surface area contributed by atoms with Crippen LogP contribution in [0.4, 0.5) is 0 Å². The zero-order valence-electron chi connectivity index (χ0n) is 9.09. The summed E-state index contributed by atoms with van der Waals surface area (Å²) in [5.74, 6) is 0.961. The standard InChI is InChI=1S/C13H19N/c1-10-3-7-13(8-4-10)11(2)14-9-12-5-6-12/h3-4,7-8,11-12,14H,5-6,9H2,1-2H3. The van der Waals surface area contributed by atoms with E-state index in [9.17, 15) is 0 Å². The summed E-state index contributed by atoms with van der Waals surface area (Å²) in [6, 6.07) is 9.31. The topological polar surface area (TPSA) is 12.0 Å². The van der Waals surface area contributed by atoms with Gasteiger partial charge < -0.3 is 5.32 Å². The average molecular weight is 189 g/mol. The zero-order chi connectivity index (χ0) is 9.97. The van der Waals surface area contributed by atoms with Crippen LogP contribution in [0.2, 0.25) is 0 Å². The molecule has 1 unspecified atom stereocenters. The molecule has 0 saturated heterocycles. The van der Waals surface area contributed by atoms with Gasteiger partial charge in [-0.1, -0.05) is 29.8 Å². The second-order valence-corrected chi connectivity index (χ2v) is 4.48. The van der Waals surface area contributed by atoms with Gasteiger partial charge in [0.2, 0.25) is 0 Å². The Morgan fingerprint density at radius 3 is 2.50 bits per heavy atom. The van der Waals surface area contributed by atoms with Gasteiger partial charge in [0.1, 0.15) is 0 Å². The van der Waals surface area contributed by atoms with Crippen LogP contribution < -0.4 is 5.32 Å². The lowest BCUT2D eigenvalue weighted by molar-refractivity contribution is 0.549. The Morgan fingerprint density at radius 2 is 1.93 bits per heavy atom. The highest BCUT2D eigenvalue weighted by Crippen LogP contribution is 2.28. The van der Waals surface area contributed by atoms with Gasteiger partial charge in [-0.15, -0.1) is 0 Å². The molecule has 76 valence electrons. The van der Waals surface area contributed by atoms with Crippen molar-refractivity contribution in [2.45, 2.75) is 32.7 Å². The maximum absolute atomic E-state index is 3.58. The lowest BCUT2D eigenvalue weighted by Crippen LogP contribution is -2.20. The van der Waals surface area contributed by atoms with Gasteiger partial charge in [-0.2, -0.15) is 0 Å². The highest BCUT2D eigenvalue weighted by atomic mass is 14.9. The van der Waals surface area contributed by atoms with Crippen LogP contribution in [0.15, 0.2) is 24.3 Å². The molecule has 0 amide bonds. The molecule has 1 heteroatoms. The quantitative estimate of drug-likeness (QED) is 0.767. The minimum absolute atomic E-state index is 0.496. The summed E-state index contributed by atoms with van der Waals surface area (Å²) in [4.78, 5) is 0. The fourth-order valence-corrected chi connectivity index (χ4v) is 1.64. The Kier molecular flexibility index (Phi) is 2.87. The van der Waals surface area contributed by atoms with Crippen molar-refractivity contribution in [3.8, 4) is 0 Å². The fourth-order valence-electron chi connectivity index (χ4n) is 1.64. The summed E-state index contributed by atoms with van der Waals surface area (Å²) in [6.45, 7) is 5.56. The molecule has 1 saturated carbocycles. The third-order valence-corrected chi connectivity index (χ3v) is 2.99. The van der Waals surface area contributed by atoms with Gasteiger partial charge in [0, 0.05) is 6.04 Å². The van der Waals surface area contributed by atoms with Crippen molar-refractivity contribution in [1.82, 2.24) is 5.32 Å². The van der Waals surface area contributed by atoms with Crippen LogP contribution >= 0.6 is 0 Å². The van der Waals surface area contributed by atoms with Crippen molar-refractivity contribution in [3.63, 3.8) is 0 Å². The molecule has 0 radical (unpaired) electrons. The predicted octanol–water partition coefficient (Wildman–Crippen LogP) is 3.06. The molecule has 14 heavy (non-hydrogen) atoms. The van der Waals surface area contributed by atoms with Crippen molar-refractivity contribution in [3.05, 3.63) is 35.4 Å². The van der Waals surface area contributed by atoms with Crippen LogP contribution in [0, 0.1) is 12.8 Å². The first kappa shape index (κ1) is 9.72. The number of hydrogen-bond acceptors (Lipinski definition) is 1. The molecule has 0 aliphatic heterocycles. The summed E-state index contributed by atoms with van der Waals surface area (Å²) >= 11 is 0. The molecule has 0 aromatic heterocycles. The molecule has 0 heterocycles. The molecule has 0 bridgehead atoms. The molecule has 0 spiro atoms. The van der Waals surface area contributed by atoms with E-state index in [-0.39, 0.29) is 0 Å². The van der Waals surface area contributed by atoms with Crippen molar-refractivity contribution in [2.75, 3.05) is 6.54 Å². The van der Waals surface area contributed by atoms with E-state index in [0.29, 0.717) is 6.04 Å². The number of rotatable bonds is 4. The van der Waals surface area contributed by atoms with Gasteiger partial charge in [-0.3, -0.25) is 0 Å². The number of aryl methyl sites for hydroxylation is 1. The minimum Gasteiger partial charge on any atom is -0.310 e. The zero-order valence-corrected chi connectivity index (χ0v) is 9.09. The third-order valence-electron chi connectivity index (χ3n) is 2.99. The first-order valence-corrected chi connectivity index (χ1v) is 5.55. The van der Waals surface area contributed by atoms with Crippen LogP contribution in [0.3, 0.4) is 0 Å². The molecular formula is C13H19N. The SMILES string of the molecule is Cc1ccc(C(C)NCC2CC2)cc1. The highest BCUT2D eigenvalue weighted by molar-refractivity contribution is 5.23. The monoisotopic (exact) mass is 189 g/mol. The van der Waals surface area contributed by atoms with E-state index in [1.165, 1.54) is 30.5 Å². The van der Waals surface area contributed by atoms with Crippen LogP contribution in [0.1, 0.15) is 36.9 Å². The lowest BCUT2D eigenvalue weighted by atomic mass is 10.1. The predicted molar refractivity (Wildman–Crippen MR) is 60.3 cm³/mol. The number of nitrogens with one attached hydrogen (secondary N) is 1. The second kappa shape index (κ2) is 4.14. The molecule has 1 aromatic rings. The van der Waals surface area contributed by atoms with E-state index in [4.69, 9.17) is 0 Å². The van der Waals surface area contributed by atoms with E-state index in [1.54, 1.807) is 0 Å². The molecule has 1 fully saturated rings. The summed E-state index contributed by atoms with van der Waals surface area (Å²) in [6.07, 6.45) is 2.85. The number of hydrogen-bond donors (Lipinski definition) is 1. The summed E-state index contributed by atoms with van der Waals surface area (Å²) in [5.41, 5.74) is 2.74. The van der Waals surface area contributed by atoms with E-state index >= 15 is 0 Å². The van der Waals surface area contributed by atoms with Crippen molar-refractivity contribution in [1.29, 1.82) is 0 Å². The van der Waals surface area contributed by atoms with Crippen LogP contribution in [-0.2, 0) is 0 Å². The lowest BCUT2D eigenvalue weighted by Gasteiger charge is -2.13. The van der Waals surface area contributed by atoms with Crippen molar-refractivity contribution >= 4 is 0 Å². The molecule has 1 nitrogen and oxygen atoms in total. The van der Waals surface area contributed by atoms with E-state index < -0.39 is 0 Å². The minimum atomic E-state index is 0.496. The third kappa shape index (κ3) is 2.58. The normalized spacial score (nSPS) is 18.1. The molecule has 1 N–H and O–H groups in total. The molecular weight excluding hydrogens is 170 g/mol. The summed E-state index contributed by atoms with van der Waals surface area (Å²) in [5, 5.41) is 3.58. The van der Waals surface area contributed by atoms with E-state index in [0.717, 1.165) is 5.92 Å². The van der Waals surface area contributed by atoms with Crippen LogP contribution in [0.5, 0.6) is 0 Å². The Hall–Kier alpha value is -0.820. The van der Waals surface area contributed by atoms with E-state index in [1.807, 2.05) is 0 Å². The summed E-state index contributed by atoms with van der Waals surface area (Å²) in [7, 11) is 0. The van der Waals surface area contributed by atoms with Gasteiger partial charge in [0.25, 0.3) is 0 Å². The van der Waals surface area contributed by atoms with Gasteiger partial charge in [0.05, 0.1) is 0 Å². The van der Waals surface area contributed by atoms with Gasteiger partial charge in [0.15, 0.2) is 0 Å². The fraction of sp³-hybridized carbons (Fsp3) is 0.538. The van der Waals surface area contributed by atoms with Crippen LogP contribution in [0.25, 0.3) is 0 Å². The molecule has 1 aliphatic rings. The molecule has 1 aromatic carbocycles. The smallest absolute Gasteiger partial charge is 0.0291 e. The maximum atomic E-state index is 3.58. The largest absolute Gasteiger partial charge is 0.310 e. The average Bonchev–Trinajstić information content (AvgIpc) is 2.99. The first-order chi connectivity index (χ1) is 6.75. The summed E-state index contributed by atoms with van der Waals surface area (Å²) < 4.78 is 0.